The fourth-order valence-corrected chi connectivity index (χ4v) is 1.74. The lowest BCUT2D eigenvalue weighted by molar-refractivity contribution is 0.400. The van der Waals surface area contributed by atoms with Crippen LogP contribution in [0.3, 0.4) is 0 Å². The van der Waals surface area contributed by atoms with Crippen molar-refractivity contribution in [2.24, 2.45) is 0 Å². The van der Waals surface area contributed by atoms with E-state index in [-0.39, 0.29) is 0 Å². The number of benzene rings is 1. The maximum Gasteiger partial charge on any atom is 0.0393 e. The van der Waals surface area contributed by atoms with Gasteiger partial charge in [0.2, 0.25) is 0 Å². The lowest BCUT2D eigenvalue weighted by Crippen LogP contribution is -2.15. The maximum absolute atomic E-state index is 2.23. The highest BCUT2D eigenvalue weighted by Gasteiger charge is 2.02. The maximum atomic E-state index is 2.23. The average Bonchev–Trinajstić information content (AvgIpc) is 2.17. The van der Waals surface area contributed by atoms with Crippen LogP contribution in [0, 0.1) is 0 Å². The van der Waals surface area contributed by atoms with E-state index < -0.39 is 0 Å². The van der Waals surface area contributed by atoms with Gasteiger partial charge in [0.25, 0.3) is 0 Å². The standard InChI is InChI=1S/C13H22N2/c1-14(2)11-7-9-12-8-5-6-10-13(12)15(3)4/h5-6,8,10H,7,9,11H2,1-4H3. The molecule has 0 heterocycles. The molecule has 0 saturated carbocycles. The predicted octanol–water partition coefficient (Wildman–Crippen LogP) is 2.25. The molecule has 0 bridgehead atoms. The van der Waals surface area contributed by atoms with Crippen molar-refractivity contribution in [2.75, 3.05) is 39.6 Å². The first kappa shape index (κ1) is 12.1. The van der Waals surface area contributed by atoms with Crippen LogP contribution < -0.4 is 4.90 Å². The van der Waals surface area contributed by atoms with Gasteiger partial charge in [0.15, 0.2) is 0 Å². The van der Waals surface area contributed by atoms with Crippen LogP contribution in [0.5, 0.6) is 0 Å². The lowest BCUT2D eigenvalue weighted by atomic mass is 10.1. The van der Waals surface area contributed by atoms with Crippen molar-refractivity contribution in [1.82, 2.24) is 4.90 Å². The van der Waals surface area contributed by atoms with Crippen LogP contribution >= 0.6 is 0 Å². The molecule has 84 valence electrons. The Kier molecular flexibility index (Phi) is 4.63. The minimum Gasteiger partial charge on any atom is -0.377 e. The Bertz CT molecular complexity index is 292. The zero-order valence-corrected chi connectivity index (χ0v) is 10.3. The molecule has 0 fully saturated rings. The van der Waals surface area contributed by atoms with E-state index in [1.54, 1.807) is 0 Å². The average molecular weight is 206 g/mol. The van der Waals surface area contributed by atoms with Crippen molar-refractivity contribution >= 4 is 5.69 Å². The summed E-state index contributed by atoms with van der Waals surface area (Å²) in [6.07, 6.45) is 2.38. The molecule has 0 N–H and O–H groups in total. The molecule has 1 aromatic rings. The van der Waals surface area contributed by atoms with Crippen molar-refractivity contribution in [3.8, 4) is 0 Å². The van der Waals surface area contributed by atoms with Gasteiger partial charge in [-0.2, -0.15) is 0 Å². The highest BCUT2D eigenvalue weighted by Crippen LogP contribution is 2.19. The molecule has 0 aromatic heterocycles. The van der Waals surface area contributed by atoms with Gasteiger partial charge in [0.05, 0.1) is 0 Å². The second-order valence-corrected chi connectivity index (χ2v) is 4.43. The van der Waals surface area contributed by atoms with Crippen LogP contribution in [-0.2, 0) is 6.42 Å². The van der Waals surface area contributed by atoms with Gasteiger partial charge in [0, 0.05) is 19.8 Å². The highest BCUT2D eigenvalue weighted by atomic mass is 15.1. The first-order chi connectivity index (χ1) is 7.11. The SMILES string of the molecule is CN(C)CCCc1ccccc1N(C)C. The molecule has 0 saturated heterocycles. The lowest BCUT2D eigenvalue weighted by Gasteiger charge is -2.17. The van der Waals surface area contributed by atoms with Crippen molar-refractivity contribution < 1.29 is 0 Å². The molecule has 1 rings (SSSR count). The number of rotatable bonds is 5. The van der Waals surface area contributed by atoms with Crippen molar-refractivity contribution in [1.29, 1.82) is 0 Å². The van der Waals surface area contributed by atoms with Crippen molar-refractivity contribution in [3.63, 3.8) is 0 Å². The molecule has 0 aliphatic carbocycles. The summed E-state index contributed by atoms with van der Waals surface area (Å²) < 4.78 is 0. The third-order valence-electron chi connectivity index (χ3n) is 2.52. The molecule has 0 aliphatic rings. The largest absolute Gasteiger partial charge is 0.377 e. The second kappa shape index (κ2) is 5.76. The summed E-state index contributed by atoms with van der Waals surface area (Å²) in [5, 5.41) is 0. The van der Waals surface area contributed by atoms with E-state index in [1.807, 2.05) is 0 Å². The van der Waals surface area contributed by atoms with E-state index in [0.29, 0.717) is 0 Å². The fraction of sp³-hybridized carbons (Fsp3) is 0.538. The van der Waals surface area contributed by atoms with Crippen molar-refractivity contribution in [3.05, 3.63) is 29.8 Å². The molecule has 0 unspecified atom stereocenters. The summed E-state index contributed by atoms with van der Waals surface area (Å²) in [4.78, 5) is 4.42. The van der Waals surface area contributed by atoms with Gasteiger partial charge in [-0.1, -0.05) is 18.2 Å². The molecule has 0 radical (unpaired) electrons. The molecule has 0 spiro atoms. The van der Waals surface area contributed by atoms with Crippen LogP contribution in [0.2, 0.25) is 0 Å². The van der Waals surface area contributed by atoms with E-state index in [2.05, 4.69) is 62.3 Å². The van der Waals surface area contributed by atoms with E-state index in [0.717, 1.165) is 13.0 Å². The van der Waals surface area contributed by atoms with Gasteiger partial charge in [-0.05, 0) is 45.1 Å². The van der Waals surface area contributed by atoms with Gasteiger partial charge < -0.3 is 9.80 Å². The van der Waals surface area contributed by atoms with E-state index in [4.69, 9.17) is 0 Å². The van der Waals surface area contributed by atoms with Crippen LogP contribution in [0.15, 0.2) is 24.3 Å². The van der Waals surface area contributed by atoms with Gasteiger partial charge in [-0.3, -0.25) is 0 Å². The highest BCUT2D eigenvalue weighted by molar-refractivity contribution is 5.52. The summed E-state index contributed by atoms with van der Waals surface area (Å²) >= 11 is 0. The topological polar surface area (TPSA) is 6.48 Å². The van der Waals surface area contributed by atoms with E-state index in [9.17, 15) is 0 Å². The van der Waals surface area contributed by atoms with Crippen LogP contribution in [0.4, 0.5) is 5.69 Å². The third-order valence-corrected chi connectivity index (χ3v) is 2.52. The monoisotopic (exact) mass is 206 g/mol. The predicted molar refractivity (Wildman–Crippen MR) is 67.6 cm³/mol. The molecule has 0 amide bonds. The summed E-state index contributed by atoms with van der Waals surface area (Å²) in [5.74, 6) is 0. The first-order valence-electron chi connectivity index (χ1n) is 5.51. The van der Waals surface area contributed by atoms with Gasteiger partial charge in [0.1, 0.15) is 0 Å². The van der Waals surface area contributed by atoms with Gasteiger partial charge in [-0.25, -0.2) is 0 Å². The molecular formula is C13H22N2. The molecule has 15 heavy (non-hydrogen) atoms. The van der Waals surface area contributed by atoms with Crippen molar-refractivity contribution in [2.45, 2.75) is 12.8 Å². The Morgan fingerprint density at radius 1 is 1.00 bits per heavy atom. The number of para-hydroxylation sites is 1. The van der Waals surface area contributed by atoms with Gasteiger partial charge >= 0.3 is 0 Å². The first-order valence-corrected chi connectivity index (χ1v) is 5.51. The van der Waals surface area contributed by atoms with Crippen LogP contribution in [-0.4, -0.2) is 39.6 Å². The normalized spacial score (nSPS) is 10.7. The Morgan fingerprint density at radius 3 is 2.27 bits per heavy atom. The van der Waals surface area contributed by atoms with Crippen LogP contribution in [0.25, 0.3) is 0 Å². The zero-order valence-electron chi connectivity index (χ0n) is 10.3. The Morgan fingerprint density at radius 2 is 1.67 bits per heavy atom. The third kappa shape index (κ3) is 3.92. The number of anilines is 1. The van der Waals surface area contributed by atoms with E-state index >= 15 is 0 Å². The number of nitrogens with zero attached hydrogens (tertiary/aromatic N) is 2. The second-order valence-electron chi connectivity index (χ2n) is 4.43. The summed E-state index contributed by atoms with van der Waals surface area (Å²) in [6, 6.07) is 8.64. The van der Waals surface area contributed by atoms with E-state index in [1.165, 1.54) is 17.7 Å². The van der Waals surface area contributed by atoms with Crippen LogP contribution in [0.1, 0.15) is 12.0 Å². The Balaban J connectivity index is 2.59. The molecule has 2 heteroatoms. The Hall–Kier alpha value is -1.02. The number of hydrogen-bond acceptors (Lipinski definition) is 2. The smallest absolute Gasteiger partial charge is 0.0393 e. The minimum atomic E-state index is 1.15. The quantitative estimate of drug-likeness (QED) is 0.729. The summed E-state index contributed by atoms with van der Waals surface area (Å²) in [7, 11) is 8.45. The summed E-state index contributed by atoms with van der Waals surface area (Å²) in [5.41, 5.74) is 2.79. The fourth-order valence-electron chi connectivity index (χ4n) is 1.74. The molecule has 0 aliphatic heterocycles. The molecule has 0 atom stereocenters. The molecule has 1 aromatic carbocycles. The minimum absolute atomic E-state index is 1.15. The molecule has 2 nitrogen and oxygen atoms in total. The van der Waals surface area contributed by atoms with Gasteiger partial charge in [-0.15, -0.1) is 0 Å². The number of aryl methyl sites for hydroxylation is 1. The summed E-state index contributed by atoms with van der Waals surface area (Å²) in [6.45, 7) is 1.15. The molecular weight excluding hydrogens is 184 g/mol. The number of hydrogen-bond donors (Lipinski definition) is 0. The Labute approximate surface area is 93.5 Å². The zero-order chi connectivity index (χ0) is 11.3.